The number of tetrazole rings is 1. The third kappa shape index (κ3) is 5.17. The summed E-state index contributed by atoms with van der Waals surface area (Å²) >= 11 is 1.45. The quantitative estimate of drug-likeness (QED) is 0.398. The summed E-state index contributed by atoms with van der Waals surface area (Å²) in [6.45, 7) is 1.65. The van der Waals surface area contributed by atoms with Gasteiger partial charge in [-0.2, -0.15) is 4.80 Å². The van der Waals surface area contributed by atoms with Crippen LogP contribution in [0.25, 0.3) is 11.6 Å². The molecule has 1 aromatic carbocycles. The van der Waals surface area contributed by atoms with Gasteiger partial charge in [-0.25, -0.2) is 0 Å². The second kappa shape index (κ2) is 10.2. The van der Waals surface area contributed by atoms with E-state index in [4.69, 9.17) is 4.42 Å². The summed E-state index contributed by atoms with van der Waals surface area (Å²) < 4.78 is 5.56. The lowest BCUT2D eigenvalue weighted by molar-refractivity contribution is -0.127. The van der Waals surface area contributed by atoms with E-state index >= 15 is 0 Å². The fourth-order valence-electron chi connectivity index (χ4n) is 4.36. The Morgan fingerprint density at radius 1 is 1.14 bits per heavy atom. The number of benzene rings is 1. The molecule has 0 bridgehead atoms. The zero-order chi connectivity index (χ0) is 24.2. The molecule has 180 valence electrons. The number of nitrogens with zero attached hydrogens (tertiary/aromatic N) is 5. The second-order valence-corrected chi connectivity index (χ2v) is 9.54. The SMILES string of the molecule is Cc1ccc(-c2nnn(CC(=O)N(c3ccccc3)[C@H](C(=O)NC3CCCC3)c3cccs3)n2)o1. The van der Waals surface area contributed by atoms with Crippen molar-refractivity contribution in [1.82, 2.24) is 25.5 Å². The molecule has 0 unspecified atom stereocenters. The lowest BCUT2D eigenvalue weighted by atomic mass is 10.1. The van der Waals surface area contributed by atoms with Gasteiger partial charge < -0.3 is 9.73 Å². The van der Waals surface area contributed by atoms with Crippen LogP contribution in [-0.2, 0) is 16.1 Å². The van der Waals surface area contributed by atoms with Crippen LogP contribution in [0.3, 0.4) is 0 Å². The highest BCUT2D eigenvalue weighted by Gasteiger charge is 2.35. The van der Waals surface area contributed by atoms with E-state index in [1.807, 2.05) is 60.8 Å². The molecule has 1 fully saturated rings. The van der Waals surface area contributed by atoms with E-state index in [1.54, 1.807) is 6.07 Å². The molecule has 3 aromatic heterocycles. The van der Waals surface area contributed by atoms with Gasteiger partial charge in [0, 0.05) is 16.6 Å². The summed E-state index contributed by atoms with van der Waals surface area (Å²) in [5.41, 5.74) is 0.625. The third-order valence-electron chi connectivity index (χ3n) is 6.01. The molecule has 5 rings (SSSR count). The first-order chi connectivity index (χ1) is 17.1. The fourth-order valence-corrected chi connectivity index (χ4v) is 5.17. The van der Waals surface area contributed by atoms with E-state index in [9.17, 15) is 9.59 Å². The molecule has 0 spiro atoms. The number of rotatable bonds is 8. The predicted molar refractivity (Wildman–Crippen MR) is 132 cm³/mol. The van der Waals surface area contributed by atoms with Gasteiger partial charge in [-0.05, 0) is 60.7 Å². The van der Waals surface area contributed by atoms with E-state index in [1.165, 1.54) is 21.0 Å². The molecule has 1 aliphatic rings. The molecular formula is C25H26N6O3S. The summed E-state index contributed by atoms with van der Waals surface area (Å²) in [4.78, 5) is 30.9. The largest absolute Gasteiger partial charge is 0.458 e. The predicted octanol–water partition coefficient (Wildman–Crippen LogP) is 4.14. The van der Waals surface area contributed by atoms with Gasteiger partial charge in [0.25, 0.3) is 5.91 Å². The second-order valence-electron chi connectivity index (χ2n) is 8.56. The topological polar surface area (TPSA) is 106 Å². The maximum Gasteiger partial charge on any atom is 0.251 e. The van der Waals surface area contributed by atoms with Crippen LogP contribution in [0.15, 0.2) is 64.4 Å². The Bertz CT molecular complexity index is 1280. The normalized spacial score (nSPS) is 14.7. The summed E-state index contributed by atoms with van der Waals surface area (Å²) in [6.07, 6.45) is 4.12. The van der Waals surface area contributed by atoms with Crippen LogP contribution in [0.5, 0.6) is 0 Å². The number of carbonyl (C=O) groups is 2. The summed E-state index contributed by atoms with van der Waals surface area (Å²) in [7, 11) is 0. The molecule has 0 aliphatic heterocycles. The minimum Gasteiger partial charge on any atom is -0.458 e. The number of furan rings is 1. The molecule has 10 heteroatoms. The summed E-state index contributed by atoms with van der Waals surface area (Å²) in [5, 5.41) is 17.5. The molecule has 1 N–H and O–H groups in total. The number of nitrogens with one attached hydrogen (secondary N) is 1. The van der Waals surface area contributed by atoms with Crippen LogP contribution >= 0.6 is 11.3 Å². The number of aryl methyl sites for hydroxylation is 1. The van der Waals surface area contributed by atoms with E-state index in [2.05, 4.69) is 20.7 Å². The number of para-hydroxylation sites is 1. The molecule has 9 nitrogen and oxygen atoms in total. The number of hydrogen-bond acceptors (Lipinski definition) is 7. The first kappa shape index (κ1) is 23.0. The van der Waals surface area contributed by atoms with Crippen molar-refractivity contribution < 1.29 is 14.0 Å². The number of anilines is 1. The van der Waals surface area contributed by atoms with Crippen molar-refractivity contribution in [1.29, 1.82) is 0 Å². The van der Waals surface area contributed by atoms with E-state index < -0.39 is 6.04 Å². The lowest BCUT2D eigenvalue weighted by Gasteiger charge is -2.31. The Balaban J connectivity index is 1.45. The summed E-state index contributed by atoms with van der Waals surface area (Å²) in [6, 6.07) is 15.9. The minimum atomic E-state index is -0.804. The molecule has 1 aliphatic carbocycles. The van der Waals surface area contributed by atoms with Crippen LogP contribution < -0.4 is 10.2 Å². The third-order valence-corrected chi connectivity index (χ3v) is 6.94. The average molecular weight is 491 g/mol. The number of aromatic nitrogens is 4. The molecule has 2 amide bonds. The first-order valence-electron chi connectivity index (χ1n) is 11.6. The van der Waals surface area contributed by atoms with Crippen molar-refractivity contribution in [2.45, 2.75) is 51.2 Å². The molecule has 3 heterocycles. The maximum absolute atomic E-state index is 13.7. The first-order valence-corrected chi connectivity index (χ1v) is 12.5. The standard InChI is InChI=1S/C25H26N6O3S/c1-17-13-14-20(34-17)24-27-29-30(28-24)16-22(32)31(19-10-3-2-4-11-19)23(21-12-7-15-35-21)25(33)26-18-8-5-6-9-18/h2-4,7,10-15,18,23H,5-6,8-9,16H2,1H3,(H,26,33)/t23-/m0/s1. The Morgan fingerprint density at radius 2 is 1.94 bits per heavy atom. The molecule has 1 atom stereocenters. The number of amides is 2. The maximum atomic E-state index is 13.7. The van der Waals surface area contributed by atoms with Gasteiger partial charge in [0.1, 0.15) is 18.3 Å². The highest BCUT2D eigenvalue weighted by molar-refractivity contribution is 7.10. The van der Waals surface area contributed by atoms with Crippen molar-refractivity contribution in [2.24, 2.45) is 0 Å². The van der Waals surface area contributed by atoms with Gasteiger partial charge in [-0.15, -0.1) is 21.5 Å². The van der Waals surface area contributed by atoms with Crippen molar-refractivity contribution in [3.63, 3.8) is 0 Å². The van der Waals surface area contributed by atoms with Gasteiger partial charge in [0.05, 0.1) is 0 Å². The van der Waals surface area contributed by atoms with Crippen LogP contribution in [0.4, 0.5) is 5.69 Å². The van der Waals surface area contributed by atoms with Gasteiger partial charge in [0.15, 0.2) is 5.76 Å². The zero-order valence-corrected chi connectivity index (χ0v) is 20.1. The molecule has 1 saturated carbocycles. The Morgan fingerprint density at radius 3 is 2.63 bits per heavy atom. The molecule has 35 heavy (non-hydrogen) atoms. The lowest BCUT2D eigenvalue weighted by Crippen LogP contribution is -2.47. The van der Waals surface area contributed by atoms with Gasteiger partial charge in [-0.3, -0.25) is 14.5 Å². The van der Waals surface area contributed by atoms with Crippen LogP contribution in [0.2, 0.25) is 0 Å². The highest BCUT2D eigenvalue weighted by atomic mass is 32.1. The smallest absolute Gasteiger partial charge is 0.251 e. The van der Waals surface area contributed by atoms with Crippen LogP contribution in [0.1, 0.15) is 42.4 Å². The van der Waals surface area contributed by atoms with Gasteiger partial charge >= 0.3 is 0 Å². The number of hydrogen-bond donors (Lipinski definition) is 1. The molecule has 4 aromatic rings. The van der Waals surface area contributed by atoms with Crippen molar-refractivity contribution in [2.75, 3.05) is 4.90 Å². The fraction of sp³-hybridized carbons (Fsp3) is 0.320. The summed E-state index contributed by atoms with van der Waals surface area (Å²) in [5.74, 6) is 1.000. The molecule has 0 radical (unpaired) electrons. The highest BCUT2D eigenvalue weighted by Crippen LogP contribution is 2.32. The molecule has 0 saturated heterocycles. The minimum absolute atomic E-state index is 0.133. The van der Waals surface area contributed by atoms with E-state index in [-0.39, 0.29) is 24.4 Å². The van der Waals surface area contributed by atoms with E-state index in [0.717, 1.165) is 36.3 Å². The van der Waals surface area contributed by atoms with Crippen molar-refractivity contribution in [3.05, 3.63) is 70.6 Å². The number of carbonyl (C=O) groups excluding carboxylic acids is 2. The Kier molecular flexibility index (Phi) is 6.71. The van der Waals surface area contributed by atoms with E-state index in [0.29, 0.717) is 17.3 Å². The van der Waals surface area contributed by atoms with Crippen molar-refractivity contribution >= 4 is 28.8 Å². The van der Waals surface area contributed by atoms with Crippen LogP contribution in [0, 0.1) is 6.92 Å². The number of thiophene rings is 1. The zero-order valence-electron chi connectivity index (χ0n) is 19.3. The van der Waals surface area contributed by atoms with Crippen LogP contribution in [-0.4, -0.2) is 38.1 Å². The van der Waals surface area contributed by atoms with Crippen molar-refractivity contribution in [3.8, 4) is 11.6 Å². The average Bonchev–Trinajstić information content (AvgIpc) is 3.66. The molecular weight excluding hydrogens is 464 g/mol. The van der Waals surface area contributed by atoms with Gasteiger partial charge in [0.2, 0.25) is 11.7 Å². The van der Waals surface area contributed by atoms with Gasteiger partial charge in [-0.1, -0.05) is 37.1 Å². The Hall–Kier alpha value is -3.79. The Labute approximate surface area is 206 Å². The monoisotopic (exact) mass is 490 g/mol.